The molecule has 1 unspecified atom stereocenters. The zero-order chi connectivity index (χ0) is 14.7. The van der Waals surface area contributed by atoms with Gasteiger partial charge in [-0.3, -0.25) is 0 Å². The molecule has 108 valence electrons. The average Bonchev–Trinajstić information content (AvgIpc) is 2.74. The second-order valence-electron chi connectivity index (χ2n) is 4.67. The number of halogens is 3. The van der Waals surface area contributed by atoms with Crippen LogP contribution < -0.4 is 5.32 Å². The Morgan fingerprint density at radius 3 is 2.45 bits per heavy atom. The minimum absolute atomic E-state index is 0.0981. The van der Waals surface area contributed by atoms with E-state index in [-0.39, 0.29) is 6.04 Å². The van der Waals surface area contributed by atoms with E-state index in [1.54, 1.807) is 11.3 Å². The van der Waals surface area contributed by atoms with Gasteiger partial charge in [0.2, 0.25) is 0 Å². The van der Waals surface area contributed by atoms with E-state index in [0.717, 1.165) is 28.4 Å². The van der Waals surface area contributed by atoms with Crippen molar-refractivity contribution in [2.45, 2.75) is 26.3 Å². The summed E-state index contributed by atoms with van der Waals surface area (Å²) >= 11 is 19.9. The number of thiophene rings is 1. The lowest BCUT2D eigenvalue weighted by molar-refractivity contribution is 0.606. The molecule has 1 aromatic carbocycles. The Kier molecular flexibility index (Phi) is 5.76. The number of hydrogen-bond donors (Lipinski definition) is 1. The predicted octanol–water partition coefficient (Wildman–Crippen LogP) is 6.11. The highest BCUT2D eigenvalue weighted by Gasteiger charge is 2.18. The molecule has 0 bridgehead atoms. The summed E-state index contributed by atoms with van der Waals surface area (Å²) in [5.74, 6) is 0. The standard InChI is InChI=1S/C15H16Cl3NS/c1-3-6-19-14(13-7-9(2)15(18)20-13)10-4-5-11(16)12(17)8-10/h4-5,7-8,14,19H,3,6H2,1-2H3. The minimum atomic E-state index is 0.0981. The molecule has 0 aliphatic carbocycles. The van der Waals surface area contributed by atoms with Gasteiger partial charge in [-0.05, 0) is 49.2 Å². The van der Waals surface area contributed by atoms with Gasteiger partial charge in [0.25, 0.3) is 0 Å². The van der Waals surface area contributed by atoms with Gasteiger partial charge in [-0.1, -0.05) is 47.8 Å². The van der Waals surface area contributed by atoms with Crippen molar-refractivity contribution >= 4 is 46.1 Å². The van der Waals surface area contributed by atoms with E-state index in [1.165, 1.54) is 4.88 Å². The molecule has 1 aromatic heterocycles. The molecular formula is C15H16Cl3NS. The number of benzene rings is 1. The normalized spacial score (nSPS) is 12.7. The lowest BCUT2D eigenvalue weighted by Crippen LogP contribution is -2.22. The van der Waals surface area contributed by atoms with Crippen molar-refractivity contribution in [3.05, 3.63) is 54.7 Å². The maximum absolute atomic E-state index is 6.20. The number of aryl methyl sites for hydroxylation is 1. The number of hydrogen-bond acceptors (Lipinski definition) is 2. The third-order valence-corrected chi connectivity index (χ3v) is 5.40. The van der Waals surface area contributed by atoms with Crippen LogP contribution in [0.5, 0.6) is 0 Å². The molecule has 0 radical (unpaired) electrons. The SMILES string of the molecule is CCCNC(c1ccc(Cl)c(Cl)c1)c1cc(C)c(Cl)s1. The van der Waals surface area contributed by atoms with Gasteiger partial charge in [0.05, 0.1) is 20.4 Å². The van der Waals surface area contributed by atoms with Crippen LogP contribution >= 0.6 is 46.1 Å². The van der Waals surface area contributed by atoms with E-state index in [1.807, 2.05) is 25.1 Å². The maximum atomic E-state index is 6.20. The lowest BCUT2D eigenvalue weighted by atomic mass is 10.0. The van der Waals surface area contributed by atoms with Gasteiger partial charge in [-0.2, -0.15) is 0 Å². The third kappa shape index (κ3) is 3.69. The van der Waals surface area contributed by atoms with Crippen molar-refractivity contribution in [3.8, 4) is 0 Å². The molecule has 20 heavy (non-hydrogen) atoms. The molecule has 0 amide bonds. The van der Waals surface area contributed by atoms with Gasteiger partial charge in [0, 0.05) is 4.88 Å². The van der Waals surface area contributed by atoms with E-state index in [0.29, 0.717) is 10.0 Å². The van der Waals surface area contributed by atoms with Crippen LogP contribution in [-0.2, 0) is 0 Å². The molecular weight excluding hydrogens is 333 g/mol. The lowest BCUT2D eigenvalue weighted by Gasteiger charge is -2.18. The summed E-state index contributed by atoms with van der Waals surface area (Å²) in [5.41, 5.74) is 2.21. The summed E-state index contributed by atoms with van der Waals surface area (Å²) in [5, 5.41) is 4.69. The first-order valence-corrected chi connectivity index (χ1v) is 8.42. The maximum Gasteiger partial charge on any atom is 0.0961 e. The average molecular weight is 349 g/mol. The largest absolute Gasteiger partial charge is 0.306 e. The predicted molar refractivity (Wildman–Crippen MR) is 90.7 cm³/mol. The van der Waals surface area contributed by atoms with Crippen molar-refractivity contribution in [2.75, 3.05) is 6.54 Å². The van der Waals surface area contributed by atoms with Crippen molar-refractivity contribution in [1.82, 2.24) is 5.32 Å². The monoisotopic (exact) mass is 347 g/mol. The van der Waals surface area contributed by atoms with E-state index in [9.17, 15) is 0 Å². The zero-order valence-electron chi connectivity index (χ0n) is 11.3. The summed E-state index contributed by atoms with van der Waals surface area (Å²) in [7, 11) is 0. The van der Waals surface area contributed by atoms with Crippen molar-refractivity contribution in [2.24, 2.45) is 0 Å². The van der Waals surface area contributed by atoms with Crippen LogP contribution in [0.15, 0.2) is 24.3 Å². The van der Waals surface area contributed by atoms with Gasteiger partial charge in [-0.25, -0.2) is 0 Å². The second kappa shape index (κ2) is 7.15. The van der Waals surface area contributed by atoms with Crippen LogP contribution in [0.1, 0.15) is 35.4 Å². The molecule has 0 saturated heterocycles. The van der Waals surface area contributed by atoms with Gasteiger partial charge >= 0.3 is 0 Å². The van der Waals surface area contributed by atoms with E-state index in [4.69, 9.17) is 34.8 Å². The number of nitrogens with one attached hydrogen (secondary N) is 1. The fourth-order valence-electron chi connectivity index (χ4n) is 1.99. The number of rotatable bonds is 5. The Morgan fingerprint density at radius 1 is 1.15 bits per heavy atom. The zero-order valence-corrected chi connectivity index (χ0v) is 14.4. The third-order valence-electron chi connectivity index (χ3n) is 3.04. The van der Waals surface area contributed by atoms with Gasteiger partial charge < -0.3 is 5.32 Å². The van der Waals surface area contributed by atoms with Gasteiger partial charge in [0.15, 0.2) is 0 Å². The fourth-order valence-corrected chi connectivity index (χ4v) is 3.62. The van der Waals surface area contributed by atoms with Crippen LogP contribution in [-0.4, -0.2) is 6.54 Å². The van der Waals surface area contributed by atoms with E-state index in [2.05, 4.69) is 18.3 Å². The molecule has 2 rings (SSSR count). The highest BCUT2D eigenvalue weighted by atomic mass is 35.5. The molecule has 1 nitrogen and oxygen atoms in total. The highest BCUT2D eigenvalue weighted by Crippen LogP contribution is 2.35. The minimum Gasteiger partial charge on any atom is -0.306 e. The molecule has 0 saturated carbocycles. The Bertz CT molecular complexity index is 575. The van der Waals surface area contributed by atoms with Crippen LogP contribution in [0.3, 0.4) is 0 Å². The summed E-state index contributed by atoms with van der Waals surface area (Å²) < 4.78 is 0.836. The Hall–Kier alpha value is -0.250. The summed E-state index contributed by atoms with van der Waals surface area (Å²) in [6, 6.07) is 7.98. The first kappa shape index (κ1) is 16.1. The molecule has 5 heteroatoms. The Morgan fingerprint density at radius 2 is 1.90 bits per heavy atom. The smallest absolute Gasteiger partial charge is 0.0961 e. The summed E-state index contributed by atoms with van der Waals surface area (Å²) in [6.07, 6.45) is 1.07. The van der Waals surface area contributed by atoms with E-state index >= 15 is 0 Å². The van der Waals surface area contributed by atoms with Crippen molar-refractivity contribution < 1.29 is 0 Å². The molecule has 0 aliphatic rings. The summed E-state index contributed by atoms with van der Waals surface area (Å²) in [6.45, 7) is 5.10. The molecule has 1 N–H and O–H groups in total. The highest BCUT2D eigenvalue weighted by molar-refractivity contribution is 7.16. The molecule has 1 heterocycles. The van der Waals surface area contributed by atoms with Crippen molar-refractivity contribution in [1.29, 1.82) is 0 Å². The van der Waals surface area contributed by atoms with Crippen LogP contribution in [0.4, 0.5) is 0 Å². The molecule has 0 spiro atoms. The van der Waals surface area contributed by atoms with E-state index < -0.39 is 0 Å². The molecule has 1 atom stereocenters. The first-order valence-electron chi connectivity index (χ1n) is 6.47. The summed E-state index contributed by atoms with van der Waals surface area (Å²) in [4.78, 5) is 1.19. The van der Waals surface area contributed by atoms with Crippen molar-refractivity contribution in [3.63, 3.8) is 0 Å². The van der Waals surface area contributed by atoms with Crippen LogP contribution in [0, 0.1) is 6.92 Å². The first-order chi connectivity index (χ1) is 9.52. The quantitative estimate of drug-likeness (QED) is 0.687. The molecule has 0 aliphatic heterocycles. The Labute approximate surface area is 138 Å². The topological polar surface area (TPSA) is 12.0 Å². The van der Waals surface area contributed by atoms with Gasteiger partial charge in [0.1, 0.15) is 0 Å². The molecule has 0 fully saturated rings. The van der Waals surface area contributed by atoms with Crippen LogP contribution in [0.25, 0.3) is 0 Å². The Balaban J connectivity index is 2.38. The van der Waals surface area contributed by atoms with Gasteiger partial charge in [-0.15, -0.1) is 11.3 Å². The second-order valence-corrected chi connectivity index (χ2v) is 7.17. The van der Waals surface area contributed by atoms with Crippen LogP contribution in [0.2, 0.25) is 14.4 Å². The fraction of sp³-hybridized carbons (Fsp3) is 0.333. The molecule has 2 aromatic rings.